The van der Waals surface area contributed by atoms with Crippen LogP contribution in [0, 0.1) is 0 Å². The highest BCUT2D eigenvalue weighted by atomic mass is 35.5. The van der Waals surface area contributed by atoms with Crippen molar-refractivity contribution >= 4 is 63.6 Å². The van der Waals surface area contributed by atoms with Crippen molar-refractivity contribution in [3.63, 3.8) is 0 Å². The molecule has 1 aromatic heterocycles. The van der Waals surface area contributed by atoms with E-state index in [1.165, 1.54) is 16.7 Å². The molecule has 0 aliphatic carbocycles. The van der Waals surface area contributed by atoms with Crippen LogP contribution in [-0.2, 0) is 27.3 Å². The van der Waals surface area contributed by atoms with E-state index in [2.05, 4.69) is 20.9 Å². The molecule has 3 amide bonds. The van der Waals surface area contributed by atoms with Crippen molar-refractivity contribution in [2.45, 2.75) is 61.7 Å². The summed E-state index contributed by atoms with van der Waals surface area (Å²) in [6, 6.07) is 13.2. The maximum Gasteiger partial charge on any atom is 0.245 e. The van der Waals surface area contributed by atoms with E-state index in [1.807, 2.05) is 54.7 Å². The van der Waals surface area contributed by atoms with Crippen LogP contribution in [0.25, 0.3) is 10.9 Å². The largest absolute Gasteiger partial charge is 0.361 e. The number of aromatic amines is 1. The molecule has 0 saturated heterocycles. The number of nitrogens with zero attached hydrogens (tertiary/aromatic N) is 1. The normalized spacial score (nSPS) is 20.6. The van der Waals surface area contributed by atoms with E-state index in [9.17, 15) is 14.4 Å². The van der Waals surface area contributed by atoms with Gasteiger partial charge in [-0.25, -0.2) is 0 Å². The molecule has 4 rings (SSSR count). The SMILES string of the molecule is CN1C(=O)[C@H](CCCN)NC(=O)[C@H](CCCN)NCc2ccccc2SC=C(Cl)C=C(Cl)C=CCNC(=O)[C@@H]1Cc1c[nH]c2ccccc12. The topological polar surface area (TPSA) is 158 Å². The van der Waals surface area contributed by atoms with Crippen molar-refractivity contribution in [3.05, 3.63) is 99.6 Å². The quantitative estimate of drug-likeness (QED) is 0.198. The number of amides is 3. The molecule has 2 aromatic carbocycles. The Balaban J connectivity index is 1.69. The lowest BCUT2D eigenvalue weighted by Crippen LogP contribution is -2.57. The second kappa shape index (κ2) is 19.6. The Kier molecular flexibility index (Phi) is 15.3. The van der Waals surface area contributed by atoms with Crippen LogP contribution in [0.1, 0.15) is 36.8 Å². The first-order valence-corrected chi connectivity index (χ1v) is 18.0. The smallest absolute Gasteiger partial charge is 0.245 e. The van der Waals surface area contributed by atoms with Crippen molar-refractivity contribution < 1.29 is 14.4 Å². The summed E-state index contributed by atoms with van der Waals surface area (Å²) in [5.41, 5.74) is 14.5. The Bertz CT molecular complexity index is 1670. The van der Waals surface area contributed by atoms with Gasteiger partial charge in [0.25, 0.3) is 0 Å². The first kappa shape index (κ1) is 38.2. The first-order valence-electron chi connectivity index (χ1n) is 16.4. The third kappa shape index (κ3) is 11.2. The Morgan fingerprint density at radius 1 is 0.918 bits per heavy atom. The summed E-state index contributed by atoms with van der Waals surface area (Å²) in [7, 11) is 1.60. The zero-order chi connectivity index (χ0) is 35.2. The number of nitrogens with two attached hydrogens (primary N) is 2. The number of likely N-dealkylation sites (N-methyl/N-ethyl adjacent to an activating group) is 1. The highest BCUT2D eigenvalue weighted by Gasteiger charge is 2.33. The van der Waals surface area contributed by atoms with Crippen LogP contribution >= 0.6 is 35.0 Å². The Labute approximate surface area is 302 Å². The van der Waals surface area contributed by atoms with Crippen LogP contribution in [0.4, 0.5) is 0 Å². The minimum Gasteiger partial charge on any atom is -0.361 e. The molecule has 8 N–H and O–H groups in total. The summed E-state index contributed by atoms with van der Waals surface area (Å²) in [5.74, 6) is -1.05. The minimum absolute atomic E-state index is 0.167. The number of carbonyl (C=O) groups excluding carboxylic acids is 3. The van der Waals surface area contributed by atoms with Crippen LogP contribution in [0.5, 0.6) is 0 Å². The Morgan fingerprint density at radius 3 is 2.41 bits per heavy atom. The molecule has 0 unspecified atom stereocenters. The average molecular weight is 727 g/mol. The van der Waals surface area contributed by atoms with Gasteiger partial charge in [0.1, 0.15) is 12.1 Å². The van der Waals surface area contributed by atoms with Crippen LogP contribution in [0.3, 0.4) is 0 Å². The number of thioether (sulfide) groups is 1. The summed E-state index contributed by atoms with van der Waals surface area (Å²) in [6.07, 6.45) is 9.00. The molecule has 0 bridgehead atoms. The zero-order valence-corrected chi connectivity index (χ0v) is 29.9. The molecule has 49 heavy (non-hydrogen) atoms. The maximum absolute atomic E-state index is 14.2. The predicted molar refractivity (Wildman–Crippen MR) is 200 cm³/mol. The van der Waals surface area contributed by atoms with Gasteiger partial charge in [-0.3, -0.25) is 14.4 Å². The van der Waals surface area contributed by atoms with E-state index < -0.39 is 18.1 Å². The van der Waals surface area contributed by atoms with Gasteiger partial charge in [-0.2, -0.15) is 0 Å². The van der Waals surface area contributed by atoms with Crippen LogP contribution < -0.4 is 27.4 Å². The number of allylic oxidation sites excluding steroid dienone is 4. The summed E-state index contributed by atoms with van der Waals surface area (Å²) in [6.45, 7) is 1.31. The van der Waals surface area contributed by atoms with Gasteiger partial charge in [-0.1, -0.05) is 77.4 Å². The number of hydrogen-bond donors (Lipinski definition) is 6. The number of rotatable bonds is 8. The second-order valence-corrected chi connectivity index (χ2v) is 13.6. The summed E-state index contributed by atoms with van der Waals surface area (Å²) in [4.78, 5) is 47.5. The minimum atomic E-state index is -0.894. The lowest BCUT2D eigenvalue weighted by molar-refractivity contribution is -0.142. The Morgan fingerprint density at radius 2 is 1.63 bits per heavy atom. The molecular formula is C36H45Cl2N7O3S. The lowest BCUT2D eigenvalue weighted by Gasteiger charge is -2.31. The van der Waals surface area contributed by atoms with Gasteiger partial charge in [0.05, 0.1) is 6.04 Å². The average Bonchev–Trinajstić information content (AvgIpc) is 3.51. The van der Waals surface area contributed by atoms with E-state index in [-0.39, 0.29) is 30.7 Å². The highest BCUT2D eigenvalue weighted by molar-refractivity contribution is 8.02. The number of para-hydroxylation sites is 1. The van der Waals surface area contributed by atoms with E-state index in [1.54, 1.807) is 30.7 Å². The number of benzene rings is 2. The summed E-state index contributed by atoms with van der Waals surface area (Å²) in [5, 5.41) is 12.9. The van der Waals surface area contributed by atoms with E-state index in [4.69, 9.17) is 34.7 Å². The van der Waals surface area contributed by atoms with Crippen LogP contribution in [-0.4, -0.2) is 72.4 Å². The van der Waals surface area contributed by atoms with E-state index >= 15 is 0 Å². The fourth-order valence-electron chi connectivity index (χ4n) is 5.59. The molecule has 2 heterocycles. The van der Waals surface area contributed by atoms with E-state index in [0.29, 0.717) is 55.4 Å². The van der Waals surface area contributed by atoms with Gasteiger partial charge in [0, 0.05) is 58.6 Å². The van der Waals surface area contributed by atoms with Crippen molar-refractivity contribution in [2.75, 3.05) is 26.7 Å². The summed E-state index contributed by atoms with van der Waals surface area (Å²) >= 11 is 14.4. The zero-order valence-electron chi connectivity index (χ0n) is 27.6. The van der Waals surface area contributed by atoms with Gasteiger partial charge in [-0.15, -0.1) is 0 Å². The van der Waals surface area contributed by atoms with Gasteiger partial charge in [-0.05, 0) is 79.6 Å². The molecule has 3 aromatic rings. The number of fused-ring (bicyclic) bond motifs is 2. The molecule has 3 atom stereocenters. The molecule has 0 spiro atoms. The monoisotopic (exact) mass is 725 g/mol. The fraction of sp³-hybridized carbons (Fsp3) is 0.361. The second-order valence-electron chi connectivity index (χ2n) is 11.8. The van der Waals surface area contributed by atoms with Gasteiger partial charge in [0.15, 0.2) is 0 Å². The Hall–Kier alpha value is -3.58. The number of aromatic nitrogens is 1. The third-order valence-corrected chi connectivity index (χ3v) is 9.89. The van der Waals surface area contributed by atoms with E-state index in [0.717, 1.165) is 26.9 Å². The van der Waals surface area contributed by atoms with Gasteiger partial charge >= 0.3 is 0 Å². The first-order chi connectivity index (χ1) is 23.7. The van der Waals surface area contributed by atoms with Crippen LogP contribution in [0.2, 0.25) is 0 Å². The van der Waals surface area contributed by atoms with Crippen molar-refractivity contribution in [3.8, 4) is 0 Å². The number of nitrogens with one attached hydrogen (secondary N) is 4. The van der Waals surface area contributed by atoms with Crippen molar-refractivity contribution in [1.82, 2.24) is 25.8 Å². The number of hydrogen-bond acceptors (Lipinski definition) is 7. The molecule has 1 aliphatic rings. The maximum atomic E-state index is 14.2. The molecule has 1 aliphatic heterocycles. The summed E-state index contributed by atoms with van der Waals surface area (Å²) < 4.78 is 0. The number of carbonyl (C=O) groups is 3. The molecule has 10 nitrogen and oxygen atoms in total. The molecule has 0 saturated carbocycles. The molecule has 0 radical (unpaired) electrons. The van der Waals surface area contributed by atoms with Crippen molar-refractivity contribution in [2.24, 2.45) is 11.5 Å². The third-order valence-electron chi connectivity index (χ3n) is 8.29. The highest BCUT2D eigenvalue weighted by Crippen LogP contribution is 2.27. The fourth-order valence-corrected chi connectivity index (χ4v) is 6.86. The standard InChI is InChI=1S/C36H45Cl2N7O3S/c1-45-32(19-25-22-42-29-12-4-3-11-28(25)29)35(47)41-18-8-10-26(37)20-27(38)23-49-33-15-5-2-9-24(33)21-43-30(13-6-16-39)34(46)44-31(36(45)48)14-7-17-40/h2-5,8-12,15,20,22-23,30-32,42-43H,6-7,13-14,16-19,21,39-40H2,1H3,(H,41,47)(H,44,46)/t30-,31-,32-/m0/s1. The molecular weight excluding hydrogens is 681 g/mol. The lowest BCUT2D eigenvalue weighted by atomic mass is 10.0. The van der Waals surface area contributed by atoms with Crippen molar-refractivity contribution in [1.29, 1.82) is 0 Å². The van der Waals surface area contributed by atoms with Gasteiger partial charge in [0.2, 0.25) is 17.7 Å². The number of H-pyrrole nitrogens is 1. The predicted octanol–water partition coefficient (Wildman–Crippen LogP) is 4.64. The molecule has 262 valence electrons. The van der Waals surface area contributed by atoms with Crippen LogP contribution in [0.15, 0.2) is 93.3 Å². The number of halogens is 2. The van der Waals surface area contributed by atoms with Gasteiger partial charge < -0.3 is 37.3 Å². The molecule has 13 heteroatoms. The molecule has 0 fully saturated rings.